The van der Waals surface area contributed by atoms with Gasteiger partial charge in [0.2, 0.25) is 11.8 Å². The summed E-state index contributed by atoms with van der Waals surface area (Å²) in [7, 11) is -1.37. The summed E-state index contributed by atoms with van der Waals surface area (Å²) in [5.41, 5.74) is 3.79. The van der Waals surface area contributed by atoms with E-state index in [4.69, 9.17) is 9.47 Å². The lowest BCUT2D eigenvalue weighted by atomic mass is 10.0. The SMILES string of the molecule is COc1ncc(-c2ccnc3ccc(O[C@H]4CCN(C(=O)C5CCS(=O)(=O)CC5)C4)cc23)cc1C. The molecule has 0 saturated carbocycles. The number of aromatic nitrogens is 2. The van der Waals surface area contributed by atoms with Crippen molar-refractivity contribution in [3.05, 3.63) is 48.3 Å². The van der Waals surface area contributed by atoms with E-state index in [1.807, 2.05) is 42.2 Å². The van der Waals surface area contributed by atoms with Crippen molar-refractivity contribution in [3.8, 4) is 22.8 Å². The Morgan fingerprint density at radius 3 is 2.63 bits per heavy atom. The average Bonchev–Trinajstić information content (AvgIpc) is 3.31. The van der Waals surface area contributed by atoms with E-state index in [-0.39, 0.29) is 29.4 Å². The maximum Gasteiger partial charge on any atom is 0.225 e. The summed E-state index contributed by atoms with van der Waals surface area (Å²) in [6.45, 7) is 3.11. The second kappa shape index (κ2) is 9.45. The third-order valence-electron chi connectivity index (χ3n) is 6.91. The Balaban J connectivity index is 1.31. The standard InChI is InChI=1S/C26H29N3O5S/c1-17-13-19(15-28-25(17)33-2)22-5-9-27-24-4-3-20(14-23(22)24)34-21-6-10-29(16-21)26(30)18-7-11-35(31,32)12-8-18/h3-5,9,13-15,18,21H,6-8,10-12,16H2,1-2H3/t21-/m0/s1. The van der Waals surface area contributed by atoms with Crippen molar-refractivity contribution in [1.29, 1.82) is 0 Å². The molecular weight excluding hydrogens is 466 g/mol. The zero-order valence-electron chi connectivity index (χ0n) is 19.9. The first-order valence-corrected chi connectivity index (χ1v) is 13.7. The van der Waals surface area contributed by atoms with E-state index >= 15 is 0 Å². The van der Waals surface area contributed by atoms with Crippen LogP contribution in [-0.4, -0.2) is 67.0 Å². The normalized spacial score (nSPS) is 20.2. The van der Waals surface area contributed by atoms with Crippen LogP contribution in [0.5, 0.6) is 11.6 Å². The largest absolute Gasteiger partial charge is 0.488 e. The number of sulfone groups is 1. The first-order valence-electron chi connectivity index (χ1n) is 11.9. The van der Waals surface area contributed by atoms with Crippen LogP contribution < -0.4 is 9.47 Å². The van der Waals surface area contributed by atoms with Crippen LogP contribution >= 0.6 is 0 Å². The van der Waals surface area contributed by atoms with Crippen LogP contribution in [0.3, 0.4) is 0 Å². The van der Waals surface area contributed by atoms with E-state index in [9.17, 15) is 13.2 Å². The van der Waals surface area contributed by atoms with Gasteiger partial charge in [-0.15, -0.1) is 0 Å². The van der Waals surface area contributed by atoms with Gasteiger partial charge in [-0.3, -0.25) is 9.78 Å². The molecular formula is C26H29N3O5S. The smallest absolute Gasteiger partial charge is 0.225 e. The molecule has 0 unspecified atom stereocenters. The number of fused-ring (bicyclic) bond motifs is 1. The molecule has 2 aliphatic heterocycles. The van der Waals surface area contributed by atoms with Crippen molar-refractivity contribution in [2.45, 2.75) is 32.3 Å². The summed E-state index contributed by atoms with van der Waals surface area (Å²) < 4.78 is 35.0. The van der Waals surface area contributed by atoms with Gasteiger partial charge in [0.05, 0.1) is 30.7 Å². The third-order valence-corrected chi connectivity index (χ3v) is 8.63. The molecule has 5 rings (SSSR count). The van der Waals surface area contributed by atoms with E-state index in [2.05, 4.69) is 9.97 Å². The Labute approximate surface area is 205 Å². The van der Waals surface area contributed by atoms with E-state index in [1.54, 1.807) is 19.5 Å². The molecule has 1 amide bonds. The fraction of sp³-hybridized carbons (Fsp3) is 0.423. The molecule has 1 atom stereocenters. The van der Waals surface area contributed by atoms with Crippen molar-refractivity contribution >= 4 is 26.6 Å². The van der Waals surface area contributed by atoms with Crippen LogP contribution in [-0.2, 0) is 14.6 Å². The van der Waals surface area contributed by atoms with Crippen molar-refractivity contribution < 1.29 is 22.7 Å². The molecule has 0 spiro atoms. The van der Waals surface area contributed by atoms with Gasteiger partial charge in [0.25, 0.3) is 0 Å². The fourth-order valence-corrected chi connectivity index (χ4v) is 6.48. The number of amides is 1. The van der Waals surface area contributed by atoms with Gasteiger partial charge < -0.3 is 14.4 Å². The highest BCUT2D eigenvalue weighted by atomic mass is 32.2. The molecule has 0 bridgehead atoms. The first-order chi connectivity index (χ1) is 16.8. The number of carbonyl (C=O) groups excluding carboxylic acids is 1. The van der Waals surface area contributed by atoms with Gasteiger partial charge in [-0.1, -0.05) is 0 Å². The van der Waals surface area contributed by atoms with Gasteiger partial charge in [0.1, 0.15) is 21.7 Å². The maximum atomic E-state index is 12.9. The lowest BCUT2D eigenvalue weighted by Crippen LogP contribution is -2.39. The summed E-state index contributed by atoms with van der Waals surface area (Å²) in [5.74, 6) is 1.40. The maximum absolute atomic E-state index is 12.9. The number of hydrogen-bond donors (Lipinski definition) is 0. The van der Waals surface area contributed by atoms with Crippen molar-refractivity contribution in [2.24, 2.45) is 5.92 Å². The summed E-state index contributed by atoms with van der Waals surface area (Å²) >= 11 is 0. The van der Waals surface area contributed by atoms with E-state index in [0.29, 0.717) is 31.8 Å². The number of nitrogens with zero attached hydrogens (tertiary/aromatic N) is 3. The number of methoxy groups -OCH3 is 1. The van der Waals surface area contributed by atoms with E-state index in [1.165, 1.54) is 0 Å². The Morgan fingerprint density at radius 2 is 1.89 bits per heavy atom. The number of likely N-dealkylation sites (tertiary alicyclic amines) is 1. The van der Waals surface area contributed by atoms with Crippen molar-refractivity contribution in [1.82, 2.24) is 14.9 Å². The Morgan fingerprint density at radius 1 is 1.09 bits per heavy atom. The fourth-order valence-electron chi connectivity index (χ4n) is 4.99. The summed E-state index contributed by atoms with van der Waals surface area (Å²) in [6.07, 6.45) is 5.07. The number of pyridine rings is 2. The van der Waals surface area contributed by atoms with Gasteiger partial charge in [-0.05, 0) is 55.7 Å². The van der Waals surface area contributed by atoms with Crippen molar-refractivity contribution in [3.63, 3.8) is 0 Å². The quantitative estimate of drug-likeness (QED) is 0.535. The summed E-state index contributed by atoms with van der Waals surface area (Å²) in [5, 5.41) is 0.964. The second-order valence-electron chi connectivity index (χ2n) is 9.33. The molecule has 1 aromatic carbocycles. The number of benzene rings is 1. The van der Waals surface area contributed by atoms with Crippen molar-refractivity contribution in [2.75, 3.05) is 31.7 Å². The molecule has 8 nitrogen and oxygen atoms in total. The van der Waals surface area contributed by atoms with Gasteiger partial charge >= 0.3 is 0 Å². The Hall–Kier alpha value is -3.20. The highest BCUT2D eigenvalue weighted by molar-refractivity contribution is 7.91. The number of ether oxygens (including phenoxy) is 2. The average molecular weight is 496 g/mol. The summed E-state index contributed by atoms with van der Waals surface area (Å²) in [6, 6.07) is 9.86. The lowest BCUT2D eigenvalue weighted by Gasteiger charge is -2.26. The number of aryl methyl sites for hydroxylation is 1. The molecule has 2 aromatic heterocycles. The van der Waals surface area contributed by atoms with E-state index in [0.717, 1.165) is 39.8 Å². The highest BCUT2D eigenvalue weighted by Crippen LogP contribution is 2.32. The number of carbonyl (C=O) groups is 1. The molecule has 0 aliphatic carbocycles. The highest BCUT2D eigenvalue weighted by Gasteiger charge is 2.35. The molecule has 9 heteroatoms. The molecule has 0 N–H and O–H groups in total. The molecule has 35 heavy (non-hydrogen) atoms. The van der Waals surface area contributed by atoms with Crippen LogP contribution in [0.15, 0.2) is 42.7 Å². The second-order valence-corrected chi connectivity index (χ2v) is 11.6. The minimum absolute atomic E-state index is 0.0540. The molecule has 3 aromatic rings. The number of hydrogen-bond acceptors (Lipinski definition) is 7. The van der Waals surface area contributed by atoms with Crippen LogP contribution in [0.1, 0.15) is 24.8 Å². The Kier molecular flexibility index (Phi) is 6.35. The monoisotopic (exact) mass is 495 g/mol. The van der Waals surface area contributed by atoms with Crippen LogP contribution in [0.4, 0.5) is 0 Å². The topological polar surface area (TPSA) is 98.7 Å². The lowest BCUT2D eigenvalue weighted by molar-refractivity contribution is -0.135. The molecule has 2 saturated heterocycles. The van der Waals surface area contributed by atoms with Crippen LogP contribution in [0.25, 0.3) is 22.0 Å². The van der Waals surface area contributed by atoms with Gasteiger partial charge in [-0.25, -0.2) is 13.4 Å². The number of rotatable bonds is 5. The third kappa shape index (κ3) is 4.96. The van der Waals surface area contributed by atoms with Crippen LogP contribution in [0, 0.1) is 12.8 Å². The van der Waals surface area contributed by atoms with Crippen LogP contribution in [0.2, 0.25) is 0 Å². The molecule has 184 valence electrons. The zero-order valence-corrected chi connectivity index (χ0v) is 20.8. The minimum Gasteiger partial charge on any atom is -0.488 e. The van der Waals surface area contributed by atoms with E-state index < -0.39 is 9.84 Å². The zero-order chi connectivity index (χ0) is 24.6. The predicted octanol–water partition coefficient (Wildman–Crippen LogP) is 3.42. The Bertz CT molecular complexity index is 1360. The summed E-state index contributed by atoms with van der Waals surface area (Å²) in [4.78, 5) is 23.6. The predicted molar refractivity (Wildman–Crippen MR) is 133 cm³/mol. The van der Waals surface area contributed by atoms with Gasteiger partial charge in [-0.2, -0.15) is 0 Å². The molecule has 0 radical (unpaired) electrons. The first kappa shape index (κ1) is 23.5. The molecule has 4 heterocycles. The minimum atomic E-state index is -2.98. The van der Waals surface area contributed by atoms with Gasteiger partial charge in [0, 0.05) is 47.8 Å². The molecule has 2 fully saturated rings. The van der Waals surface area contributed by atoms with Gasteiger partial charge in [0.15, 0.2) is 0 Å². The molecule has 2 aliphatic rings.